The van der Waals surface area contributed by atoms with E-state index in [1.165, 1.54) is 180 Å². The van der Waals surface area contributed by atoms with Crippen LogP contribution < -0.4 is 5.32 Å². The van der Waals surface area contributed by atoms with E-state index < -0.39 is 18.2 Å². The first-order valence-corrected chi connectivity index (χ1v) is 29.6. The van der Waals surface area contributed by atoms with Gasteiger partial charge in [0.15, 0.2) is 0 Å². The molecule has 3 N–H and O–H groups in total. The highest BCUT2D eigenvalue weighted by atomic mass is 16.5. The molecule has 0 aliphatic rings. The zero-order valence-corrected chi connectivity index (χ0v) is 45.2. The Hall–Kier alpha value is -2.44. The Kier molecular flexibility index (Phi) is 53.5. The molecule has 0 aliphatic carbocycles. The molecule has 3 atom stereocenters. The molecule has 0 bridgehead atoms. The van der Waals surface area contributed by atoms with Crippen LogP contribution in [-0.4, -0.2) is 46.9 Å². The molecule has 6 heteroatoms. The number of carbonyl (C=O) groups is 2. The molecule has 3 unspecified atom stereocenters. The molecule has 0 aromatic carbocycles. The Morgan fingerprint density at radius 1 is 0.441 bits per heavy atom. The van der Waals surface area contributed by atoms with E-state index in [2.05, 4.69) is 50.4 Å². The Morgan fingerprint density at radius 3 is 1.19 bits per heavy atom. The van der Waals surface area contributed by atoms with Crippen molar-refractivity contribution in [3.05, 3.63) is 60.8 Å². The second-order valence-electron chi connectivity index (χ2n) is 20.1. The van der Waals surface area contributed by atoms with E-state index in [0.717, 1.165) is 70.6 Å². The summed E-state index contributed by atoms with van der Waals surface area (Å²) < 4.78 is 5.95. The van der Waals surface area contributed by atoms with Crippen molar-refractivity contribution in [3.63, 3.8) is 0 Å². The van der Waals surface area contributed by atoms with Crippen LogP contribution >= 0.6 is 0 Å². The number of nitrogens with one attached hydrogen (secondary N) is 1. The van der Waals surface area contributed by atoms with Crippen molar-refractivity contribution in [2.24, 2.45) is 0 Å². The van der Waals surface area contributed by atoms with Crippen molar-refractivity contribution in [1.29, 1.82) is 0 Å². The molecule has 0 radical (unpaired) electrons. The number of hydrogen-bond donors (Lipinski definition) is 3. The molecule has 0 aromatic rings. The van der Waals surface area contributed by atoms with Crippen LogP contribution in [0.3, 0.4) is 0 Å². The maximum atomic E-state index is 13.3. The van der Waals surface area contributed by atoms with Gasteiger partial charge in [0.25, 0.3) is 0 Å². The van der Waals surface area contributed by atoms with Gasteiger partial charge in [0.05, 0.1) is 25.2 Å². The summed E-state index contributed by atoms with van der Waals surface area (Å²) in [6.45, 7) is 6.37. The van der Waals surface area contributed by atoms with E-state index in [1.807, 2.05) is 36.5 Å². The molecule has 0 rings (SSSR count). The Labute approximate surface area is 422 Å². The summed E-state index contributed by atoms with van der Waals surface area (Å²) in [5.41, 5.74) is 0. The number of allylic oxidation sites excluding steroid dienone is 10. The molecule has 0 aliphatic heterocycles. The molecule has 0 heterocycles. The van der Waals surface area contributed by atoms with Crippen LogP contribution in [0.25, 0.3) is 0 Å². The SMILES string of the molecule is CC/C=C/C=C/C=C\C=C/C=C/CCCCCC(=O)OC(CCCCCCCCCCCCCCCCCCC)CC(=O)NC(CO)C(O)CCCCCCCCCCCCCCCCCCC. The normalized spacial score (nSPS) is 13.5. The number of hydrogen-bond acceptors (Lipinski definition) is 5. The lowest BCUT2D eigenvalue weighted by molar-refractivity contribution is -0.151. The maximum absolute atomic E-state index is 13.3. The molecular formula is C62H113NO5. The first-order valence-electron chi connectivity index (χ1n) is 29.6. The summed E-state index contributed by atoms with van der Waals surface area (Å²) >= 11 is 0. The van der Waals surface area contributed by atoms with Crippen molar-refractivity contribution < 1.29 is 24.5 Å². The lowest BCUT2D eigenvalue weighted by Gasteiger charge is -2.24. The first-order chi connectivity index (χ1) is 33.5. The summed E-state index contributed by atoms with van der Waals surface area (Å²) in [6, 6.07) is -0.712. The smallest absolute Gasteiger partial charge is 0.306 e. The quantitative estimate of drug-likeness (QED) is 0.0321. The maximum Gasteiger partial charge on any atom is 0.306 e. The van der Waals surface area contributed by atoms with Crippen molar-refractivity contribution >= 4 is 11.9 Å². The third-order valence-corrected chi connectivity index (χ3v) is 13.5. The number of aliphatic hydroxyl groups excluding tert-OH is 2. The van der Waals surface area contributed by atoms with Gasteiger partial charge < -0.3 is 20.3 Å². The van der Waals surface area contributed by atoms with Gasteiger partial charge in [-0.2, -0.15) is 0 Å². The average molecular weight is 953 g/mol. The summed E-state index contributed by atoms with van der Waals surface area (Å²) in [4.78, 5) is 26.3. The Morgan fingerprint density at radius 2 is 0.794 bits per heavy atom. The van der Waals surface area contributed by atoms with Crippen molar-refractivity contribution in [2.75, 3.05) is 6.61 Å². The highest BCUT2D eigenvalue weighted by Crippen LogP contribution is 2.19. The molecule has 6 nitrogen and oxygen atoms in total. The molecule has 0 saturated heterocycles. The van der Waals surface area contributed by atoms with Gasteiger partial charge in [0.2, 0.25) is 5.91 Å². The van der Waals surface area contributed by atoms with E-state index in [0.29, 0.717) is 19.3 Å². The zero-order chi connectivity index (χ0) is 49.5. The number of ether oxygens (including phenoxy) is 1. The average Bonchev–Trinajstić information content (AvgIpc) is 3.33. The van der Waals surface area contributed by atoms with E-state index in [4.69, 9.17) is 4.74 Å². The number of aliphatic hydroxyl groups is 2. The number of amides is 1. The number of rotatable bonds is 53. The lowest BCUT2D eigenvalue weighted by atomic mass is 10.0. The second kappa shape index (κ2) is 55.5. The van der Waals surface area contributed by atoms with Gasteiger partial charge in [-0.25, -0.2) is 0 Å². The van der Waals surface area contributed by atoms with Gasteiger partial charge in [-0.1, -0.05) is 300 Å². The monoisotopic (exact) mass is 952 g/mol. The van der Waals surface area contributed by atoms with Gasteiger partial charge >= 0.3 is 5.97 Å². The minimum Gasteiger partial charge on any atom is -0.462 e. The Balaban J connectivity index is 4.58. The number of carbonyl (C=O) groups excluding carboxylic acids is 2. The van der Waals surface area contributed by atoms with Crippen LogP contribution in [0.5, 0.6) is 0 Å². The standard InChI is InChI=1S/C62H113NO5/c1-4-7-10-13-16-19-22-25-28-30-33-35-38-41-44-47-50-53-58(68-62(67)55-52-49-46-43-40-37-32-27-24-21-18-15-12-9-6-3)56-61(66)63-59(57-64)60(65)54-51-48-45-42-39-36-34-31-29-26-23-20-17-14-11-8-5-2/h9,12,15,18,21,24,27,32,37,40,58-60,64-65H,4-8,10-11,13-14,16-17,19-20,22-23,25-26,28-31,33-36,38-39,41-57H2,1-3H3,(H,63,66)/b12-9+,18-15+,24-21-,32-27-,40-37+. The van der Waals surface area contributed by atoms with Crippen LogP contribution in [0, 0.1) is 0 Å². The van der Waals surface area contributed by atoms with E-state index in [-0.39, 0.29) is 24.9 Å². The second-order valence-corrected chi connectivity index (χ2v) is 20.1. The van der Waals surface area contributed by atoms with Crippen LogP contribution in [-0.2, 0) is 14.3 Å². The molecule has 1 amide bonds. The Bertz CT molecular complexity index is 1210. The molecular weight excluding hydrogens is 839 g/mol. The van der Waals surface area contributed by atoms with Crippen LogP contribution in [0.4, 0.5) is 0 Å². The highest BCUT2D eigenvalue weighted by molar-refractivity contribution is 5.77. The van der Waals surface area contributed by atoms with E-state index in [1.54, 1.807) is 0 Å². The topological polar surface area (TPSA) is 95.9 Å². The first kappa shape index (κ1) is 65.6. The summed E-state index contributed by atoms with van der Waals surface area (Å²) in [5, 5.41) is 23.9. The number of esters is 1. The van der Waals surface area contributed by atoms with Crippen molar-refractivity contribution in [3.8, 4) is 0 Å². The van der Waals surface area contributed by atoms with Gasteiger partial charge in [0, 0.05) is 6.42 Å². The van der Waals surface area contributed by atoms with Crippen molar-refractivity contribution in [2.45, 2.75) is 315 Å². The van der Waals surface area contributed by atoms with Crippen LogP contribution in [0.1, 0.15) is 297 Å². The van der Waals surface area contributed by atoms with Crippen LogP contribution in [0.15, 0.2) is 60.8 Å². The molecule has 68 heavy (non-hydrogen) atoms. The third kappa shape index (κ3) is 50.0. The summed E-state index contributed by atoms with van der Waals surface area (Å²) in [5.74, 6) is -0.510. The summed E-state index contributed by atoms with van der Waals surface area (Å²) in [7, 11) is 0. The van der Waals surface area contributed by atoms with Gasteiger partial charge in [-0.05, 0) is 44.9 Å². The highest BCUT2D eigenvalue weighted by Gasteiger charge is 2.24. The molecule has 0 fully saturated rings. The fraction of sp³-hybridized carbons (Fsp3) is 0.806. The fourth-order valence-electron chi connectivity index (χ4n) is 9.04. The van der Waals surface area contributed by atoms with Gasteiger partial charge in [-0.3, -0.25) is 9.59 Å². The van der Waals surface area contributed by atoms with Crippen molar-refractivity contribution in [1.82, 2.24) is 5.32 Å². The molecule has 396 valence electrons. The van der Waals surface area contributed by atoms with Crippen LogP contribution in [0.2, 0.25) is 0 Å². The lowest BCUT2D eigenvalue weighted by Crippen LogP contribution is -2.46. The zero-order valence-electron chi connectivity index (χ0n) is 45.2. The minimum atomic E-state index is -0.797. The van der Waals surface area contributed by atoms with Gasteiger partial charge in [0.1, 0.15) is 6.10 Å². The fourth-order valence-corrected chi connectivity index (χ4v) is 9.04. The van der Waals surface area contributed by atoms with E-state index >= 15 is 0 Å². The summed E-state index contributed by atoms with van der Waals surface area (Å²) in [6.07, 6.45) is 70.0. The molecule has 0 saturated carbocycles. The van der Waals surface area contributed by atoms with Gasteiger partial charge in [-0.15, -0.1) is 0 Å². The third-order valence-electron chi connectivity index (χ3n) is 13.5. The largest absolute Gasteiger partial charge is 0.462 e. The van der Waals surface area contributed by atoms with E-state index in [9.17, 15) is 19.8 Å². The molecule has 0 spiro atoms. The predicted molar refractivity (Wildman–Crippen MR) is 296 cm³/mol. The predicted octanol–water partition coefficient (Wildman–Crippen LogP) is 18.4. The minimum absolute atomic E-state index is 0.0621. The number of unbranched alkanes of at least 4 members (excludes halogenated alkanes) is 35. The molecule has 0 aromatic heterocycles.